The molecule has 1 fully saturated rings. The van der Waals surface area contributed by atoms with Crippen molar-refractivity contribution in [2.24, 2.45) is 0 Å². The van der Waals surface area contributed by atoms with Gasteiger partial charge >= 0.3 is 0 Å². The first kappa shape index (κ1) is 10.4. The largest absolute Gasteiger partial charge is 0.244 e. The monoisotopic (exact) mass is 255 g/mol. The summed E-state index contributed by atoms with van der Waals surface area (Å²) in [5, 5.41) is 6.28. The second kappa shape index (κ2) is 3.90. The van der Waals surface area contributed by atoms with Crippen LogP contribution in [0, 0.1) is 0 Å². The van der Waals surface area contributed by atoms with E-state index in [0.717, 1.165) is 11.0 Å². The Balaban J connectivity index is 2.16. The van der Waals surface area contributed by atoms with Gasteiger partial charge in [0.2, 0.25) is 0 Å². The maximum absolute atomic E-state index is 6.12. The standard InChI is InChI=1S/C11H11Cl2N3/c12-9-6-14-11-8(10(9)13)5-15-16(11)7-3-1-2-4-7/h5-7H,1-4H2. The number of fused-ring (bicyclic) bond motifs is 1. The van der Waals surface area contributed by atoms with Gasteiger partial charge in [0.1, 0.15) is 0 Å². The van der Waals surface area contributed by atoms with Crippen molar-refractivity contribution in [3.05, 3.63) is 22.4 Å². The lowest BCUT2D eigenvalue weighted by Gasteiger charge is -2.10. The Morgan fingerprint density at radius 2 is 1.94 bits per heavy atom. The van der Waals surface area contributed by atoms with Gasteiger partial charge in [0.05, 0.1) is 27.7 Å². The van der Waals surface area contributed by atoms with E-state index in [1.807, 2.05) is 4.68 Å². The van der Waals surface area contributed by atoms with Crippen molar-refractivity contribution in [3.63, 3.8) is 0 Å². The molecule has 0 N–H and O–H groups in total. The van der Waals surface area contributed by atoms with Crippen LogP contribution in [0.25, 0.3) is 11.0 Å². The van der Waals surface area contributed by atoms with Gasteiger partial charge in [-0.3, -0.25) is 0 Å². The number of hydrogen-bond acceptors (Lipinski definition) is 2. The molecule has 2 aromatic rings. The van der Waals surface area contributed by atoms with Crippen LogP contribution in [0.4, 0.5) is 0 Å². The SMILES string of the molecule is Clc1cnc2c(cnn2C2CCCC2)c1Cl. The molecule has 3 rings (SSSR count). The molecule has 0 bridgehead atoms. The maximum atomic E-state index is 6.12. The fourth-order valence-corrected chi connectivity index (χ4v) is 2.69. The first-order valence-electron chi connectivity index (χ1n) is 5.44. The molecule has 1 saturated carbocycles. The summed E-state index contributed by atoms with van der Waals surface area (Å²) in [6.45, 7) is 0. The average Bonchev–Trinajstić information content (AvgIpc) is 2.91. The average molecular weight is 256 g/mol. The smallest absolute Gasteiger partial charge is 0.159 e. The van der Waals surface area contributed by atoms with E-state index in [0.29, 0.717) is 16.1 Å². The molecule has 0 spiro atoms. The topological polar surface area (TPSA) is 30.7 Å². The van der Waals surface area contributed by atoms with E-state index in [1.165, 1.54) is 25.7 Å². The minimum Gasteiger partial charge on any atom is -0.244 e. The molecule has 0 aromatic carbocycles. The molecular formula is C11H11Cl2N3. The predicted octanol–water partition coefficient (Wildman–Crippen LogP) is 3.85. The van der Waals surface area contributed by atoms with Crippen molar-refractivity contribution in [1.29, 1.82) is 0 Å². The van der Waals surface area contributed by atoms with Gasteiger partial charge in [-0.25, -0.2) is 9.67 Å². The van der Waals surface area contributed by atoms with Crippen molar-refractivity contribution in [3.8, 4) is 0 Å². The van der Waals surface area contributed by atoms with Crippen molar-refractivity contribution in [2.75, 3.05) is 0 Å². The van der Waals surface area contributed by atoms with Gasteiger partial charge in [-0.2, -0.15) is 5.10 Å². The van der Waals surface area contributed by atoms with Gasteiger partial charge in [-0.1, -0.05) is 36.0 Å². The number of nitrogens with zero attached hydrogens (tertiary/aromatic N) is 3. The molecule has 16 heavy (non-hydrogen) atoms. The summed E-state index contributed by atoms with van der Waals surface area (Å²) in [4.78, 5) is 4.33. The molecule has 1 aliphatic rings. The third kappa shape index (κ3) is 1.50. The number of halogens is 2. The second-order valence-corrected chi connectivity index (χ2v) is 4.97. The van der Waals surface area contributed by atoms with E-state index < -0.39 is 0 Å². The molecule has 0 unspecified atom stereocenters. The van der Waals surface area contributed by atoms with Crippen molar-refractivity contribution < 1.29 is 0 Å². The Bertz CT molecular complexity index is 529. The van der Waals surface area contributed by atoms with Crippen LogP contribution in [0.15, 0.2) is 12.4 Å². The highest BCUT2D eigenvalue weighted by molar-refractivity contribution is 6.44. The highest BCUT2D eigenvalue weighted by Gasteiger charge is 2.21. The Labute approximate surface area is 103 Å². The van der Waals surface area contributed by atoms with E-state index in [2.05, 4.69) is 10.1 Å². The molecule has 2 aromatic heterocycles. The summed E-state index contributed by atoms with van der Waals surface area (Å²) < 4.78 is 1.99. The number of aromatic nitrogens is 3. The number of hydrogen-bond donors (Lipinski definition) is 0. The van der Waals surface area contributed by atoms with Gasteiger partial charge in [0, 0.05) is 6.20 Å². The summed E-state index contributed by atoms with van der Waals surface area (Å²) in [6, 6.07) is 0.474. The summed E-state index contributed by atoms with van der Waals surface area (Å²) >= 11 is 12.0. The van der Waals surface area contributed by atoms with Gasteiger partial charge in [-0.05, 0) is 12.8 Å². The molecule has 2 heterocycles. The predicted molar refractivity (Wildman–Crippen MR) is 65.1 cm³/mol. The fraction of sp³-hybridized carbons (Fsp3) is 0.455. The van der Waals surface area contributed by atoms with Crippen molar-refractivity contribution in [1.82, 2.24) is 14.8 Å². The summed E-state index contributed by atoms with van der Waals surface area (Å²) in [7, 11) is 0. The lowest BCUT2D eigenvalue weighted by molar-refractivity contribution is 0.478. The van der Waals surface area contributed by atoms with Gasteiger partial charge < -0.3 is 0 Å². The Morgan fingerprint density at radius 3 is 2.69 bits per heavy atom. The van der Waals surface area contributed by atoms with Gasteiger partial charge in [-0.15, -0.1) is 0 Å². The maximum Gasteiger partial charge on any atom is 0.159 e. The Morgan fingerprint density at radius 1 is 1.19 bits per heavy atom. The first-order chi connectivity index (χ1) is 7.77. The highest BCUT2D eigenvalue weighted by Crippen LogP contribution is 2.34. The molecular weight excluding hydrogens is 245 g/mol. The van der Waals surface area contributed by atoms with Crippen LogP contribution in [-0.4, -0.2) is 14.8 Å². The summed E-state index contributed by atoms with van der Waals surface area (Å²) in [5.74, 6) is 0. The van der Waals surface area contributed by atoms with Crippen molar-refractivity contribution in [2.45, 2.75) is 31.7 Å². The minimum absolute atomic E-state index is 0.474. The fourth-order valence-electron chi connectivity index (χ4n) is 2.36. The van der Waals surface area contributed by atoms with Crippen LogP contribution >= 0.6 is 23.2 Å². The van der Waals surface area contributed by atoms with Crippen LogP contribution in [-0.2, 0) is 0 Å². The minimum atomic E-state index is 0.474. The van der Waals surface area contributed by atoms with E-state index in [9.17, 15) is 0 Å². The molecule has 0 atom stereocenters. The van der Waals surface area contributed by atoms with E-state index in [-0.39, 0.29) is 0 Å². The Hall–Kier alpha value is -0.800. The first-order valence-corrected chi connectivity index (χ1v) is 6.20. The van der Waals surface area contributed by atoms with Crippen LogP contribution in [0.1, 0.15) is 31.7 Å². The van der Waals surface area contributed by atoms with Crippen LogP contribution in [0.3, 0.4) is 0 Å². The van der Waals surface area contributed by atoms with Crippen LogP contribution in [0.5, 0.6) is 0 Å². The zero-order chi connectivity index (χ0) is 11.1. The molecule has 0 saturated heterocycles. The normalized spacial score (nSPS) is 17.4. The molecule has 3 nitrogen and oxygen atoms in total. The lowest BCUT2D eigenvalue weighted by Crippen LogP contribution is -2.06. The van der Waals surface area contributed by atoms with Gasteiger partial charge in [0.15, 0.2) is 5.65 Å². The molecule has 5 heteroatoms. The molecule has 1 aliphatic carbocycles. The zero-order valence-corrected chi connectivity index (χ0v) is 10.2. The van der Waals surface area contributed by atoms with E-state index >= 15 is 0 Å². The number of pyridine rings is 1. The quantitative estimate of drug-likeness (QED) is 0.775. The van der Waals surface area contributed by atoms with E-state index in [1.54, 1.807) is 12.4 Å². The van der Waals surface area contributed by atoms with E-state index in [4.69, 9.17) is 23.2 Å². The second-order valence-electron chi connectivity index (χ2n) is 4.18. The molecule has 0 radical (unpaired) electrons. The summed E-state index contributed by atoms with van der Waals surface area (Å²) in [5.41, 5.74) is 0.848. The third-order valence-electron chi connectivity index (χ3n) is 3.19. The molecule has 84 valence electrons. The molecule has 0 amide bonds. The summed E-state index contributed by atoms with van der Waals surface area (Å²) in [6.07, 6.45) is 8.26. The highest BCUT2D eigenvalue weighted by atomic mass is 35.5. The van der Waals surface area contributed by atoms with Crippen molar-refractivity contribution >= 4 is 34.2 Å². The Kier molecular flexibility index (Phi) is 2.52. The van der Waals surface area contributed by atoms with Crippen LogP contribution in [0.2, 0.25) is 10.0 Å². The third-order valence-corrected chi connectivity index (χ3v) is 3.98. The lowest BCUT2D eigenvalue weighted by atomic mass is 10.2. The number of rotatable bonds is 1. The molecule has 0 aliphatic heterocycles. The van der Waals surface area contributed by atoms with Gasteiger partial charge in [0.25, 0.3) is 0 Å². The van der Waals surface area contributed by atoms with Crippen LogP contribution < -0.4 is 0 Å². The zero-order valence-electron chi connectivity index (χ0n) is 8.66.